The first kappa shape index (κ1) is 13.4. The Hall–Kier alpha value is -1.61. The largest absolute Gasteiger partial charge is 0.399 e. The molecule has 2 aromatic carbocycles. The first-order valence-corrected chi connectivity index (χ1v) is 7.65. The number of anilines is 1. The molecule has 3 rings (SSSR count). The Morgan fingerprint density at radius 3 is 2.45 bits per heavy atom. The van der Waals surface area contributed by atoms with Gasteiger partial charge in [-0.05, 0) is 61.1 Å². The van der Waals surface area contributed by atoms with E-state index in [1.54, 1.807) is 12.1 Å². The van der Waals surface area contributed by atoms with Gasteiger partial charge in [0.25, 0.3) is 0 Å². The Morgan fingerprint density at radius 2 is 1.70 bits per heavy atom. The molecule has 3 heteroatoms. The van der Waals surface area contributed by atoms with Gasteiger partial charge in [-0.25, -0.2) is 0 Å². The number of hydrogen-bond acceptors (Lipinski definition) is 2. The van der Waals surface area contributed by atoms with Gasteiger partial charge in [0.2, 0.25) is 0 Å². The standard InChI is InChI=1S/C17H16BrNO/c18-15-8-14(9-16(19)10-15)17(20)13-6-5-11-3-1-2-4-12(11)7-13/h5-10H,1-4,19H2. The number of fused-ring (bicyclic) bond motifs is 1. The topological polar surface area (TPSA) is 43.1 Å². The van der Waals surface area contributed by atoms with Crippen LogP contribution in [0.2, 0.25) is 0 Å². The molecule has 0 saturated carbocycles. The van der Waals surface area contributed by atoms with Crippen molar-refractivity contribution in [2.24, 2.45) is 0 Å². The molecule has 0 heterocycles. The van der Waals surface area contributed by atoms with Crippen LogP contribution in [0.5, 0.6) is 0 Å². The zero-order chi connectivity index (χ0) is 14.1. The number of nitrogens with two attached hydrogens (primary N) is 1. The smallest absolute Gasteiger partial charge is 0.193 e. The number of nitrogen functional groups attached to an aromatic ring is 1. The molecule has 0 saturated heterocycles. The zero-order valence-electron chi connectivity index (χ0n) is 11.2. The van der Waals surface area contributed by atoms with Gasteiger partial charge in [0.1, 0.15) is 0 Å². The highest BCUT2D eigenvalue weighted by Crippen LogP contribution is 2.25. The van der Waals surface area contributed by atoms with Crippen LogP contribution in [0, 0.1) is 0 Å². The molecule has 1 aliphatic carbocycles. The molecule has 0 amide bonds. The Morgan fingerprint density at radius 1 is 0.950 bits per heavy atom. The fourth-order valence-corrected chi connectivity index (χ4v) is 3.30. The lowest BCUT2D eigenvalue weighted by Crippen LogP contribution is -2.07. The second-order valence-corrected chi connectivity index (χ2v) is 6.21. The summed E-state index contributed by atoms with van der Waals surface area (Å²) in [6, 6.07) is 11.4. The maximum atomic E-state index is 12.6. The number of benzene rings is 2. The maximum absolute atomic E-state index is 12.6. The van der Waals surface area contributed by atoms with Gasteiger partial charge in [-0.3, -0.25) is 4.79 Å². The van der Waals surface area contributed by atoms with Gasteiger partial charge >= 0.3 is 0 Å². The zero-order valence-corrected chi connectivity index (χ0v) is 12.7. The first-order valence-electron chi connectivity index (χ1n) is 6.86. The van der Waals surface area contributed by atoms with E-state index < -0.39 is 0 Å². The molecule has 2 aromatic rings. The third-order valence-electron chi connectivity index (χ3n) is 3.79. The van der Waals surface area contributed by atoms with Crippen molar-refractivity contribution >= 4 is 27.4 Å². The van der Waals surface area contributed by atoms with E-state index in [1.807, 2.05) is 18.2 Å². The molecular formula is C17H16BrNO. The molecule has 0 spiro atoms. The fourth-order valence-electron chi connectivity index (χ4n) is 2.78. The molecule has 0 aliphatic heterocycles. The van der Waals surface area contributed by atoms with Crippen LogP contribution in [0.1, 0.15) is 39.9 Å². The highest BCUT2D eigenvalue weighted by atomic mass is 79.9. The highest BCUT2D eigenvalue weighted by Gasteiger charge is 2.14. The number of rotatable bonds is 2. The van der Waals surface area contributed by atoms with E-state index in [4.69, 9.17) is 5.73 Å². The van der Waals surface area contributed by atoms with Crippen LogP contribution < -0.4 is 5.73 Å². The quantitative estimate of drug-likeness (QED) is 0.664. The molecule has 1 aliphatic rings. The number of carbonyl (C=O) groups excluding carboxylic acids is 1. The van der Waals surface area contributed by atoms with Gasteiger partial charge in [0.15, 0.2) is 5.78 Å². The van der Waals surface area contributed by atoms with E-state index in [0.717, 1.165) is 22.9 Å². The van der Waals surface area contributed by atoms with E-state index in [1.165, 1.54) is 24.0 Å². The molecule has 0 radical (unpaired) electrons. The average Bonchev–Trinajstić information content (AvgIpc) is 2.45. The van der Waals surface area contributed by atoms with E-state index >= 15 is 0 Å². The fraction of sp³-hybridized carbons (Fsp3) is 0.235. The third kappa shape index (κ3) is 2.63. The van der Waals surface area contributed by atoms with Crippen molar-refractivity contribution in [2.75, 3.05) is 5.73 Å². The average molecular weight is 330 g/mol. The molecule has 0 bridgehead atoms. The highest BCUT2D eigenvalue weighted by molar-refractivity contribution is 9.10. The normalized spacial score (nSPS) is 13.8. The Kier molecular flexibility index (Phi) is 3.62. The predicted octanol–water partition coefficient (Wildman–Crippen LogP) is 4.14. The van der Waals surface area contributed by atoms with E-state index in [2.05, 4.69) is 22.0 Å². The van der Waals surface area contributed by atoms with Gasteiger partial charge in [-0.1, -0.05) is 28.1 Å². The first-order chi connectivity index (χ1) is 9.63. The van der Waals surface area contributed by atoms with Gasteiger partial charge in [0.05, 0.1) is 0 Å². The Balaban J connectivity index is 1.97. The summed E-state index contributed by atoms with van der Waals surface area (Å²) in [6.45, 7) is 0. The van der Waals surface area contributed by atoms with Gasteiger partial charge in [-0.15, -0.1) is 0 Å². The van der Waals surface area contributed by atoms with Crippen molar-refractivity contribution in [1.82, 2.24) is 0 Å². The monoisotopic (exact) mass is 329 g/mol. The minimum absolute atomic E-state index is 0.0337. The van der Waals surface area contributed by atoms with Crippen molar-refractivity contribution in [1.29, 1.82) is 0 Å². The van der Waals surface area contributed by atoms with E-state index in [-0.39, 0.29) is 5.78 Å². The van der Waals surface area contributed by atoms with E-state index in [9.17, 15) is 4.79 Å². The number of aryl methyl sites for hydroxylation is 2. The van der Waals surface area contributed by atoms with Gasteiger partial charge in [-0.2, -0.15) is 0 Å². The molecule has 2 N–H and O–H groups in total. The Bertz CT molecular complexity index is 658. The minimum atomic E-state index is 0.0337. The molecule has 0 atom stereocenters. The van der Waals surface area contributed by atoms with Crippen molar-refractivity contribution in [3.05, 3.63) is 63.1 Å². The molecule has 0 unspecified atom stereocenters. The lowest BCUT2D eigenvalue weighted by atomic mass is 9.89. The maximum Gasteiger partial charge on any atom is 0.193 e. The lowest BCUT2D eigenvalue weighted by Gasteiger charge is -2.16. The molecule has 2 nitrogen and oxygen atoms in total. The second-order valence-electron chi connectivity index (χ2n) is 5.29. The van der Waals surface area contributed by atoms with Crippen LogP contribution >= 0.6 is 15.9 Å². The van der Waals surface area contributed by atoms with Crippen molar-refractivity contribution in [2.45, 2.75) is 25.7 Å². The van der Waals surface area contributed by atoms with Gasteiger partial charge in [0, 0.05) is 21.3 Å². The van der Waals surface area contributed by atoms with Crippen LogP contribution in [0.15, 0.2) is 40.9 Å². The number of halogens is 1. The third-order valence-corrected chi connectivity index (χ3v) is 4.25. The van der Waals surface area contributed by atoms with Gasteiger partial charge < -0.3 is 5.73 Å². The van der Waals surface area contributed by atoms with Crippen molar-refractivity contribution in [3.8, 4) is 0 Å². The van der Waals surface area contributed by atoms with Crippen LogP contribution in [0.4, 0.5) is 5.69 Å². The number of hydrogen-bond donors (Lipinski definition) is 1. The molecule has 102 valence electrons. The van der Waals surface area contributed by atoms with Crippen LogP contribution in [0.25, 0.3) is 0 Å². The number of carbonyl (C=O) groups is 1. The van der Waals surface area contributed by atoms with Crippen LogP contribution in [-0.2, 0) is 12.8 Å². The number of ketones is 1. The van der Waals surface area contributed by atoms with Crippen molar-refractivity contribution < 1.29 is 4.79 Å². The molecule has 20 heavy (non-hydrogen) atoms. The minimum Gasteiger partial charge on any atom is -0.399 e. The predicted molar refractivity (Wildman–Crippen MR) is 85.1 cm³/mol. The SMILES string of the molecule is Nc1cc(Br)cc(C(=O)c2ccc3c(c2)CCCC3)c1. The summed E-state index contributed by atoms with van der Waals surface area (Å²) in [4.78, 5) is 12.6. The van der Waals surface area contributed by atoms with E-state index in [0.29, 0.717) is 11.3 Å². The summed E-state index contributed by atoms with van der Waals surface area (Å²) in [5.74, 6) is 0.0337. The molecule has 0 fully saturated rings. The summed E-state index contributed by atoms with van der Waals surface area (Å²) in [5, 5.41) is 0. The molecular weight excluding hydrogens is 314 g/mol. The van der Waals surface area contributed by atoms with Crippen LogP contribution in [0.3, 0.4) is 0 Å². The summed E-state index contributed by atoms with van der Waals surface area (Å²) >= 11 is 3.38. The summed E-state index contributed by atoms with van der Waals surface area (Å²) in [7, 11) is 0. The lowest BCUT2D eigenvalue weighted by molar-refractivity contribution is 0.103. The van der Waals surface area contributed by atoms with Crippen molar-refractivity contribution in [3.63, 3.8) is 0 Å². The summed E-state index contributed by atoms with van der Waals surface area (Å²) in [5.41, 5.74) is 10.5. The summed E-state index contributed by atoms with van der Waals surface area (Å²) < 4.78 is 0.832. The van der Waals surface area contributed by atoms with Crippen LogP contribution in [-0.4, -0.2) is 5.78 Å². The molecule has 0 aromatic heterocycles. The Labute approximate surface area is 127 Å². The summed E-state index contributed by atoms with van der Waals surface area (Å²) in [6.07, 6.45) is 4.68. The second kappa shape index (κ2) is 5.41.